The molecule has 2 rings (SSSR count). The second-order valence-corrected chi connectivity index (χ2v) is 4.93. The molecular weight excluding hydrogens is 274 g/mol. The van der Waals surface area contributed by atoms with Gasteiger partial charge in [0.15, 0.2) is 0 Å². The van der Waals surface area contributed by atoms with Crippen molar-refractivity contribution in [3.8, 4) is 0 Å². The number of anilines is 1. The Morgan fingerprint density at radius 2 is 2.19 bits per heavy atom. The van der Waals surface area contributed by atoms with Crippen LogP contribution in [0.3, 0.4) is 0 Å². The summed E-state index contributed by atoms with van der Waals surface area (Å²) in [4.78, 5) is 37.3. The minimum absolute atomic E-state index is 0.125. The van der Waals surface area contributed by atoms with Crippen molar-refractivity contribution in [2.45, 2.75) is 32.4 Å². The maximum absolute atomic E-state index is 12.3. The standard InChI is InChI=1S/C14H19N3O4/c1-2-21-14(20)11-4-3-7-17(11)13(19)9-16-8-10(15)5-6-12(16)18/h5-6,8,11H,2-4,7,9,15H2,1H3. The Bertz CT molecular complexity index is 596. The Hall–Kier alpha value is -2.31. The van der Waals surface area contributed by atoms with Gasteiger partial charge in [-0.3, -0.25) is 9.59 Å². The van der Waals surface area contributed by atoms with Gasteiger partial charge in [0, 0.05) is 24.5 Å². The van der Waals surface area contributed by atoms with Gasteiger partial charge >= 0.3 is 5.97 Å². The highest BCUT2D eigenvalue weighted by molar-refractivity contribution is 5.85. The van der Waals surface area contributed by atoms with Gasteiger partial charge in [0.2, 0.25) is 5.91 Å². The molecule has 1 aliphatic heterocycles. The summed E-state index contributed by atoms with van der Waals surface area (Å²) >= 11 is 0. The number of nitrogens with zero attached hydrogens (tertiary/aromatic N) is 2. The van der Waals surface area contributed by atoms with Crippen molar-refractivity contribution in [1.29, 1.82) is 0 Å². The van der Waals surface area contributed by atoms with Gasteiger partial charge in [0.25, 0.3) is 5.56 Å². The highest BCUT2D eigenvalue weighted by Crippen LogP contribution is 2.19. The summed E-state index contributed by atoms with van der Waals surface area (Å²) in [6.45, 7) is 2.39. The Morgan fingerprint density at radius 3 is 2.90 bits per heavy atom. The Labute approximate surface area is 122 Å². The molecule has 21 heavy (non-hydrogen) atoms. The molecule has 1 saturated heterocycles. The maximum atomic E-state index is 12.3. The molecule has 1 amide bonds. The van der Waals surface area contributed by atoms with E-state index in [0.717, 1.165) is 6.42 Å². The van der Waals surface area contributed by atoms with Crippen LogP contribution in [0.4, 0.5) is 5.69 Å². The number of aromatic nitrogens is 1. The number of nitrogens with two attached hydrogens (primary N) is 1. The molecule has 0 aromatic carbocycles. The number of hydrogen-bond acceptors (Lipinski definition) is 5. The Balaban J connectivity index is 2.10. The van der Waals surface area contributed by atoms with Crippen LogP contribution in [0.2, 0.25) is 0 Å². The van der Waals surface area contributed by atoms with Gasteiger partial charge in [-0.05, 0) is 25.8 Å². The van der Waals surface area contributed by atoms with Crippen LogP contribution in [0.1, 0.15) is 19.8 Å². The fourth-order valence-electron chi connectivity index (χ4n) is 2.46. The van der Waals surface area contributed by atoms with Gasteiger partial charge in [0.1, 0.15) is 12.6 Å². The predicted octanol–water partition coefficient (Wildman–Crippen LogP) is -0.0154. The molecule has 0 radical (unpaired) electrons. The molecule has 0 saturated carbocycles. The summed E-state index contributed by atoms with van der Waals surface area (Å²) in [5.41, 5.74) is 5.72. The zero-order valence-corrected chi connectivity index (χ0v) is 11.9. The van der Waals surface area contributed by atoms with E-state index >= 15 is 0 Å². The fourth-order valence-corrected chi connectivity index (χ4v) is 2.46. The molecule has 0 spiro atoms. The first-order valence-corrected chi connectivity index (χ1v) is 6.95. The zero-order chi connectivity index (χ0) is 15.4. The number of ether oxygens (including phenoxy) is 1. The highest BCUT2D eigenvalue weighted by atomic mass is 16.5. The first kappa shape index (κ1) is 15.1. The summed E-state index contributed by atoms with van der Waals surface area (Å²) in [5, 5.41) is 0. The summed E-state index contributed by atoms with van der Waals surface area (Å²) in [7, 11) is 0. The van der Waals surface area contributed by atoms with Crippen molar-refractivity contribution < 1.29 is 14.3 Å². The van der Waals surface area contributed by atoms with E-state index in [1.807, 2.05) is 0 Å². The molecule has 2 heterocycles. The third kappa shape index (κ3) is 3.42. The smallest absolute Gasteiger partial charge is 0.328 e. The molecule has 1 aromatic heterocycles. The topological polar surface area (TPSA) is 94.6 Å². The molecule has 0 aliphatic carbocycles. The van der Waals surface area contributed by atoms with Crippen LogP contribution >= 0.6 is 0 Å². The average molecular weight is 293 g/mol. The van der Waals surface area contributed by atoms with Crippen LogP contribution in [0.25, 0.3) is 0 Å². The second-order valence-electron chi connectivity index (χ2n) is 4.93. The molecule has 1 fully saturated rings. The molecule has 1 aliphatic rings. The van der Waals surface area contributed by atoms with E-state index in [2.05, 4.69) is 0 Å². The number of amides is 1. The van der Waals surface area contributed by atoms with E-state index < -0.39 is 6.04 Å². The van der Waals surface area contributed by atoms with E-state index in [4.69, 9.17) is 10.5 Å². The lowest BCUT2D eigenvalue weighted by Crippen LogP contribution is -2.43. The van der Waals surface area contributed by atoms with Crippen molar-refractivity contribution in [2.24, 2.45) is 0 Å². The van der Waals surface area contributed by atoms with Crippen LogP contribution in [-0.2, 0) is 20.9 Å². The predicted molar refractivity (Wildman–Crippen MR) is 76.5 cm³/mol. The first-order chi connectivity index (χ1) is 10.0. The van der Waals surface area contributed by atoms with Crippen LogP contribution < -0.4 is 11.3 Å². The SMILES string of the molecule is CCOC(=O)C1CCCN1C(=O)Cn1cc(N)ccc1=O. The lowest BCUT2D eigenvalue weighted by Gasteiger charge is -2.23. The zero-order valence-electron chi connectivity index (χ0n) is 11.9. The molecular formula is C14H19N3O4. The van der Waals surface area contributed by atoms with Crippen LogP contribution in [0.15, 0.2) is 23.1 Å². The molecule has 114 valence electrons. The van der Waals surface area contributed by atoms with Gasteiger partial charge in [-0.15, -0.1) is 0 Å². The van der Waals surface area contributed by atoms with E-state index in [1.165, 1.54) is 27.8 Å². The van der Waals surface area contributed by atoms with Crippen LogP contribution in [0.5, 0.6) is 0 Å². The van der Waals surface area contributed by atoms with Crippen LogP contribution in [-0.4, -0.2) is 40.5 Å². The summed E-state index contributed by atoms with van der Waals surface area (Å²) < 4.78 is 6.23. The van der Waals surface area contributed by atoms with Crippen molar-refractivity contribution in [2.75, 3.05) is 18.9 Å². The van der Waals surface area contributed by atoms with Gasteiger partial charge in [-0.1, -0.05) is 0 Å². The molecule has 1 unspecified atom stereocenters. The minimum atomic E-state index is -0.547. The van der Waals surface area contributed by atoms with Crippen molar-refractivity contribution in [3.05, 3.63) is 28.7 Å². The van der Waals surface area contributed by atoms with Gasteiger partial charge in [0.05, 0.1) is 6.61 Å². The lowest BCUT2D eigenvalue weighted by atomic mass is 10.2. The van der Waals surface area contributed by atoms with E-state index in [9.17, 15) is 14.4 Å². The molecule has 1 atom stereocenters. The number of pyridine rings is 1. The number of rotatable bonds is 4. The van der Waals surface area contributed by atoms with Crippen molar-refractivity contribution >= 4 is 17.6 Å². The molecule has 7 heteroatoms. The quantitative estimate of drug-likeness (QED) is 0.788. The monoisotopic (exact) mass is 293 g/mol. The van der Waals surface area contributed by atoms with Gasteiger partial charge in [-0.25, -0.2) is 4.79 Å². The highest BCUT2D eigenvalue weighted by Gasteiger charge is 2.35. The largest absolute Gasteiger partial charge is 0.464 e. The normalized spacial score (nSPS) is 17.8. The third-order valence-electron chi connectivity index (χ3n) is 3.44. The number of likely N-dealkylation sites (tertiary alicyclic amines) is 1. The first-order valence-electron chi connectivity index (χ1n) is 6.95. The summed E-state index contributed by atoms with van der Waals surface area (Å²) in [6, 6.07) is 2.25. The number of hydrogen-bond donors (Lipinski definition) is 1. The maximum Gasteiger partial charge on any atom is 0.328 e. The number of carbonyl (C=O) groups is 2. The molecule has 0 bridgehead atoms. The molecule has 1 aromatic rings. The van der Waals surface area contributed by atoms with Crippen molar-refractivity contribution in [3.63, 3.8) is 0 Å². The number of nitrogen functional groups attached to an aromatic ring is 1. The minimum Gasteiger partial charge on any atom is -0.464 e. The van der Waals surface area contributed by atoms with Gasteiger partial charge in [-0.2, -0.15) is 0 Å². The Morgan fingerprint density at radius 1 is 1.43 bits per heavy atom. The molecule has 2 N–H and O–H groups in total. The third-order valence-corrected chi connectivity index (χ3v) is 3.44. The van der Waals surface area contributed by atoms with E-state index in [0.29, 0.717) is 18.7 Å². The van der Waals surface area contributed by atoms with E-state index in [1.54, 1.807) is 6.92 Å². The van der Waals surface area contributed by atoms with Gasteiger partial charge < -0.3 is 19.9 Å². The number of carbonyl (C=O) groups excluding carboxylic acids is 2. The van der Waals surface area contributed by atoms with Crippen molar-refractivity contribution in [1.82, 2.24) is 9.47 Å². The fraction of sp³-hybridized carbons (Fsp3) is 0.500. The molecule has 7 nitrogen and oxygen atoms in total. The van der Waals surface area contributed by atoms with E-state index in [-0.39, 0.29) is 30.6 Å². The number of esters is 1. The lowest BCUT2D eigenvalue weighted by molar-refractivity contribution is -0.153. The Kier molecular flexibility index (Phi) is 4.62. The second kappa shape index (κ2) is 6.43. The van der Waals surface area contributed by atoms with Crippen LogP contribution in [0, 0.1) is 0 Å². The summed E-state index contributed by atoms with van der Waals surface area (Å²) in [5.74, 6) is -0.665. The summed E-state index contributed by atoms with van der Waals surface area (Å²) in [6.07, 6.45) is 2.77. The average Bonchev–Trinajstić information content (AvgIpc) is 2.92.